The van der Waals surface area contributed by atoms with Crippen molar-refractivity contribution in [1.82, 2.24) is 5.32 Å². The molecular weight excluding hydrogens is 247 g/mol. The van der Waals surface area contributed by atoms with E-state index < -0.39 is 0 Å². The van der Waals surface area contributed by atoms with Gasteiger partial charge in [-0.15, -0.1) is 12.4 Å². The number of nitrogens with one attached hydrogen (secondary N) is 2. The molecule has 0 aliphatic carbocycles. The van der Waals surface area contributed by atoms with Gasteiger partial charge in [0.2, 0.25) is 0 Å². The monoisotopic (exact) mass is 262 g/mol. The van der Waals surface area contributed by atoms with Gasteiger partial charge >= 0.3 is 0 Å². The molecule has 1 heterocycles. The van der Waals surface area contributed by atoms with Gasteiger partial charge in [0.1, 0.15) is 5.75 Å². The molecule has 0 aromatic heterocycles. The second-order valence-electron chi connectivity index (χ2n) is 3.68. The van der Waals surface area contributed by atoms with Crippen LogP contribution in [0, 0.1) is 0 Å². The molecule has 2 N–H and O–H groups in total. The van der Waals surface area contributed by atoms with E-state index in [0.29, 0.717) is 16.8 Å². The van der Waals surface area contributed by atoms with Crippen molar-refractivity contribution in [2.24, 2.45) is 0 Å². The molecule has 3 nitrogen and oxygen atoms in total. The van der Waals surface area contributed by atoms with E-state index in [-0.39, 0.29) is 12.4 Å². The fraction of sp³-hybridized carbons (Fsp3) is 0.455. The van der Waals surface area contributed by atoms with Crippen molar-refractivity contribution in [2.45, 2.75) is 12.5 Å². The summed E-state index contributed by atoms with van der Waals surface area (Å²) in [5.41, 5.74) is 1.06. The summed E-state index contributed by atoms with van der Waals surface area (Å²) in [4.78, 5) is 0. The van der Waals surface area contributed by atoms with Gasteiger partial charge in [-0.3, -0.25) is 0 Å². The average Bonchev–Trinajstić information content (AvgIpc) is 2.73. The van der Waals surface area contributed by atoms with E-state index >= 15 is 0 Å². The van der Waals surface area contributed by atoms with E-state index in [0.717, 1.165) is 25.2 Å². The van der Waals surface area contributed by atoms with Crippen LogP contribution in [0.25, 0.3) is 0 Å². The molecule has 1 aromatic carbocycles. The Bertz CT molecular complexity index is 341. The Labute approximate surface area is 107 Å². The van der Waals surface area contributed by atoms with E-state index in [1.54, 1.807) is 7.11 Å². The lowest BCUT2D eigenvalue weighted by Gasteiger charge is -2.14. The highest BCUT2D eigenvalue weighted by atomic mass is 35.5. The van der Waals surface area contributed by atoms with Crippen LogP contribution in [0.4, 0.5) is 5.69 Å². The van der Waals surface area contributed by atoms with E-state index in [1.165, 1.54) is 0 Å². The summed E-state index contributed by atoms with van der Waals surface area (Å²) in [6.07, 6.45) is 1.16. The summed E-state index contributed by atoms with van der Waals surface area (Å²) < 4.78 is 5.16. The molecule has 0 bridgehead atoms. The Morgan fingerprint density at radius 3 is 2.94 bits per heavy atom. The number of hydrogen-bond acceptors (Lipinski definition) is 3. The molecule has 0 amide bonds. The molecule has 90 valence electrons. The minimum absolute atomic E-state index is 0. The maximum absolute atomic E-state index is 5.95. The number of rotatable bonds is 3. The highest BCUT2D eigenvalue weighted by molar-refractivity contribution is 6.32. The first kappa shape index (κ1) is 13.4. The second-order valence-corrected chi connectivity index (χ2v) is 4.09. The van der Waals surface area contributed by atoms with Crippen molar-refractivity contribution in [3.05, 3.63) is 23.2 Å². The molecule has 1 aliphatic heterocycles. The summed E-state index contributed by atoms with van der Waals surface area (Å²) in [5.74, 6) is 0.715. The smallest absolute Gasteiger partial charge is 0.139 e. The highest BCUT2D eigenvalue weighted by Crippen LogP contribution is 2.27. The standard InChI is InChI=1S/C11H15ClN2O.ClH/c1-15-11-6-8(2-3-10(11)12)14-9-4-5-13-7-9;/h2-3,6,9,13-14H,4-5,7H2,1H3;1H/t9-;/m0./s1. The molecule has 1 atom stereocenters. The van der Waals surface area contributed by atoms with E-state index in [1.807, 2.05) is 18.2 Å². The number of methoxy groups -OCH3 is 1. The molecule has 0 saturated carbocycles. The summed E-state index contributed by atoms with van der Waals surface area (Å²) in [6, 6.07) is 6.27. The Hall–Kier alpha value is -0.640. The SMILES string of the molecule is COc1cc(N[C@H]2CCNC2)ccc1Cl.Cl. The molecular formula is C11H16Cl2N2O. The highest BCUT2D eigenvalue weighted by Gasteiger charge is 2.14. The Morgan fingerprint density at radius 1 is 1.50 bits per heavy atom. The topological polar surface area (TPSA) is 33.3 Å². The van der Waals surface area contributed by atoms with Gasteiger partial charge in [-0.2, -0.15) is 0 Å². The number of halogens is 2. The van der Waals surface area contributed by atoms with Crippen molar-refractivity contribution in [3.8, 4) is 5.75 Å². The van der Waals surface area contributed by atoms with Crippen LogP contribution in [0.5, 0.6) is 5.75 Å². The second kappa shape index (κ2) is 6.18. The van der Waals surface area contributed by atoms with Gasteiger partial charge in [0.25, 0.3) is 0 Å². The zero-order valence-corrected chi connectivity index (χ0v) is 10.7. The minimum atomic E-state index is 0. The van der Waals surface area contributed by atoms with Gasteiger partial charge in [-0.05, 0) is 25.1 Å². The van der Waals surface area contributed by atoms with Gasteiger partial charge < -0.3 is 15.4 Å². The summed E-state index contributed by atoms with van der Waals surface area (Å²) >= 11 is 5.95. The predicted molar refractivity (Wildman–Crippen MR) is 70.1 cm³/mol. The van der Waals surface area contributed by atoms with Gasteiger partial charge in [0.05, 0.1) is 12.1 Å². The molecule has 5 heteroatoms. The van der Waals surface area contributed by atoms with Crippen molar-refractivity contribution >= 4 is 29.7 Å². The van der Waals surface area contributed by atoms with Crippen LogP contribution in [0.2, 0.25) is 5.02 Å². The Morgan fingerprint density at radius 2 is 2.31 bits per heavy atom. The Kier molecular flexibility index (Phi) is 5.19. The molecule has 0 unspecified atom stereocenters. The van der Waals surface area contributed by atoms with Crippen molar-refractivity contribution in [3.63, 3.8) is 0 Å². The molecule has 1 saturated heterocycles. The first-order valence-corrected chi connectivity index (χ1v) is 5.48. The molecule has 2 rings (SSSR count). The minimum Gasteiger partial charge on any atom is -0.495 e. The van der Waals surface area contributed by atoms with Crippen molar-refractivity contribution < 1.29 is 4.74 Å². The molecule has 1 aliphatic rings. The van der Waals surface area contributed by atoms with Gasteiger partial charge in [-0.25, -0.2) is 0 Å². The average molecular weight is 263 g/mol. The summed E-state index contributed by atoms with van der Waals surface area (Å²) in [5, 5.41) is 7.40. The normalized spacial score (nSPS) is 19.0. The summed E-state index contributed by atoms with van der Waals surface area (Å²) in [7, 11) is 1.63. The third-order valence-electron chi connectivity index (χ3n) is 2.58. The Balaban J connectivity index is 0.00000128. The fourth-order valence-electron chi connectivity index (χ4n) is 1.76. The summed E-state index contributed by atoms with van der Waals surface area (Å²) in [6.45, 7) is 2.10. The van der Waals surface area contributed by atoms with Crippen LogP contribution in [0.15, 0.2) is 18.2 Å². The molecule has 0 spiro atoms. The zero-order chi connectivity index (χ0) is 10.7. The number of hydrogen-bond donors (Lipinski definition) is 2. The largest absolute Gasteiger partial charge is 0.495 e. The molecule has 1 fully saturated rings. The fourth-order valence-corrected chi connectivity index (χ4v) is 1.96. The lowest BCUT2D eigenvalue weighted by molar-refractivity contribution is 0.415. The molecule has 0 radical (unpaired) electrons. The first-order valence-electron chi connectivity index (χ1n) is 5.10. The third-order valence-corrected chi connectivity index (χ3v) is 2.89. The maximum Gasteiger partial charge on any atom is 0.139 e. The molecule has 16 heavy (non-hydrogen) atoms. The lowest BCUT2D eigenvalue weighted by atomic mass is 10.2. The van der Waals surface area contributed by atoms with Gasteiger partial charge in [-0.1, -0.05) is 11.6 Å². The van der Waals surface area contributed by atoms with E-state index in [4.69, 9.17) is 16.3 Å². The first-order chi connectivity index (χ1) is 7.29. The van der Waals surface area contributed by atoms with Crippen LogP contribution in [0.1, 0.15) is 6.42 Å². The van der Waals surface area contributed by atoms with E-state index in [9.17, 15) is 0 Å². The quantitative estimate of drug-likeness (QED) is 0.879. The number of anilines is 1. The van der Waals surface area contributed by atoms with Crippen LogP contribution in [0.3, 0.4) is 0 Å². The van der Waals surface area contributed by atoms with Gasteiger partial charge in [0.15, 0.2) is 0 Å². The van der Waals surface area contributed by atoms with Gasteiger partial charge in [0, 0.05) is 24.3 Å². The zero-order valence-electron chi connectivity index (χ0n) is 9.13. The third kappa shape index (κ3) is 3.17. The van der Waals surface area contributed by atoms with Crippen molar-refractivity contribution in [1.29, 1.82) is 0 Å². The lowest BCUT2D eigenvalue weighted by Crippen LogP contribution is -2.21. The maximum atomic E-state index is 5.95. The van der Waals surface area contributed by atoms with Crippen molar-refractivity contribution in [2.75, 3.05) is 25.5 Å². The van der Waals surface area contributed by atoms with Crippen LogP contribution in [-0.4, -0.2) is 26.2 Å². The number of ether oxygens (including phenoxy) is 1. The predicted octanol–water partition coefficient (Wildman–Crippen LogP) is 2.54. The van der Waals surface area contributed by atoms with Crippen LogP contribution in [-0.2, 0) is 0 Å². The van der Waals surface area contributed by atoms with Crippen LogP contribution >= 0.6 is 24.0 Å². The van der Waals surface area contributed by atoms with Crippen LogP contribution < -0.4 is 15.4 Å². The molecule has 1 aromatic rings. The van der Waals surface area contributed by atoms with E-state index in [2.05, 4.69) is 10.6 Å². The number of benzene rings is 1.